The first-order valence-electron chi connectivity index (χ1n) is 2.75. The van der Waals surface area contributed by atoms with E-state index in [-0.39, 0.29) is 0 Å². The second kappa shape index (κ2) is 4.09. The van der Waals surface area contributed by atoms with E-state index in [0.29, 0.717) is 6.04 Å². The third kappa shape index (κ3) is 5.92. The minimum absolute atomic E-state index is 0.542. The molecule has 0 radical (unpaired) electrons. The Hall–Kier alpha value is -0.0800. The lowest BCUT2D eigenvalue weighted by atomic mass is 10.4. The van der Waals surface area contributed by atoms with Crippen molar-refractivity contribution in [2.24, 2.45) is 0 Å². The fourth-order valence-electron chi connectivity index (χ4n) is 0.306. The third-order valence-electron chi connectivity index (χ3n) is 0.568. The molecule has 2 nitrogen and oxygen atoms in total. The van der Waals surface area contributed by atoms with Crippen LogP contribution < -0.4 is 10.9 Å². The van der Waals surface area contributed by atoms with Gasteiger partial charge in [-0.3, -0.25) is 10.9 Å². The van der Waals surface area contributed by atoms with E-state index in [2.05, 4.69) is 31.6 Å². The summed E-state index contributed by atoms with van der Waals surface area (Å²) >= 11 is 0. The molecular weight excluding hydrogens is 88.1 g/mol. The second-order valence-electron chi connectivity index (χ2n) is 1.83. The predicted molar refractivity (Wildman–Crippen MR) is 31.9 cm³/mol. The molecule has 0 spiro atoms. The first kappa shape index (κ1) is 6.92. The molecule has 0 aliphatic carbocycles. The maximum atomic E-state index is 3.05. The molecule has 0 rings (SSSR count). The standard InChI is InChI=1S/C5H14N2/c1-4-6-7-5(2)3/h5-7H,4H2,1-3H3. The van der Waals surface area contributed by atoms with Crippen molar-refractivity contribution in [1.29, 1.82) is 0 Å². The van der Waals surface area contributed by atoms with Crippen LogP contribution in [0.15, 0.2) is 0 Å². The van der Waals surface area contributed by atoms with Crippen molar-refractivity contribution in [3.63, 3.8) is 0 Å². The summed E-state index contributed by atoms with van der Waals surface area (Å²) < 4.78 is 0. The maximum absolute atomic E-state index is 3.05. The summed E-state index contributed by atoms with van der Waals surface area (Å²) in [5.41, 5.74) is 6.04. The van der Waals surface area contributed by atoms with Crippen molar-refractivity contribution < 1.29 is 0 Å². The van der Waals surface area contributed by atoms with E-state index in [4.69, 9.17) is 0 Å². The highest BCUT2D eigenvalue weighted by Crippen LogP contribution is 1.68. The quantitative estimate of drug-likeness (QED) is 0.507. The fraction of sp³-hybridized carbons (Fsp3) is 1.00. The summed E-state index contributed by atoms with van der Waals surface area (Å²) in [5.74, 6) is 0. The fourth-order valence-corrected chi connectivity index (χ4v) is 0.306. The third-order valence-corrected chi connectivity index (χ3v) is 0.568. The van der Waals surface area contributed by atoms with Gasteiger partial charge < -0.3 is 0 Å². The zero-order chi connectivity index (χ0) is 5.70. The van der Waals surface area contributed by atoms with Gasteiger partial charge >= 0.3 is 0 Å². The Balaban J connectivity index is 2.68. The lowest BCUT2D eigenvalue weighted by Gasteiger charge is -2.05. The van der Waals surface area contributed by atoms with Crippen molar-refractivity contribution in [1.82, 2.24) is 10.9 Å². The first-order valence-corrected chi connectivity index (χ1v) is 2.75. The van der Waals surface area contributed by atoms with Crippen LogP contribution in [-0.4, -0.2) is 12.6 Å². The summed E-state index contributed by atoms with van der Waals surface area (Å²) in [6.45, 7) is 7.25. The Morgan fingerprint density at radius 3 is 2.14 bits per heavy atom. The molecule has 7 heavy (non-hydrogen) atoms. The summed E-state index contributed by atoms with van der Waals surface area (Å²) in [6.07, 6.45) is 0. The monoisotopic (exact) mass is 102 g/mol. The van der Waals surface area contributed by atoms with Gasteiger partial charge in [-0.1, -0.05) is 6.92 Å². The number of hydrogen-bond acceptors (Lipinski definition) is 2. The zero-order valence-electron chi connectivity index (χ0n) is 5.28. The van der Waals surface area contributed by atoms with E-state index in [1.54, 1.807) is 0 Å². The van der Waals surface area contributed by atoms with Gasteiger partial charge in [-0.25, -0.2) is 0 Å². The summed E-state index contributed by atoms with van der Waals surface area (Å²) in [5, 5.41) is 0. The Morgan fingerprint density at radius 1 is 1.43 bits per heavy atom. The Labute approximate surface area is 45.3 Å². The van der Waals surface area contributed by atoms with Crippen molar-refractivity contribution in [2.45, 2.75) is 26.8 Å². The van der Waals surface area contributed by atoms with Gasteiger partial charge in [0.1, 0.15) is 0 Å². The Morgan fingerprint density at radius 2 is 2.00 bits per heavy atom. The van der Waals surface area contributed by atoms with Crippen LogP contribution in [0.25, 0.3) is 0 Å². The topological polar surface area (TPSA) is 24.1 Å². The van der Waals surface area contributed by atoms with Gasteiger partial charge in [-0.2, -0.15) is 0 Å². The van der Waals surface area contributed by atoms with Gasteiger partial charge in [0.05, 0.1) is 0 Å². The van der Waals surface area contributed by atoms with Crippen LogP contribution in [0.3, 0.4) is 0 Å². The minimum atomic E-state index is 0.542. The molecule has 0 fully saturated rings. The van der Waals surface area contributed by atoms with Crippen LogP contribution in [0, 0.1) is 0 Å². The van der Waals surface area contributed by atoms with Crippen molar-refractivity contribution in [2.75, 3.05) is 6.54 Å². The van der Waals surface area contributed by atoms with E-state index in [1.165, 1.54) is 0 Å². The molecular formula is C5H14N2. The average molecular weight is 102 g/mol. The van der Waals surface area contributed by atoms with Gasteiger partial charge in [0.15, 0.2) is 0 Å². The second-order valence-corrected chi connectivity index (χ2v) is 1.83. The number of hydrazine groups is 1. The summed E-state index contributed by atoms with van der Waals surface area (Å²) in [4.78, 5) is 0. The molecule has 0 aromatic rings. The molecule has 0 bridgehead atoms. The van der Waals surface area contributed by atoms with Crippen LogP contribution >= 0.6 is 0 Å². The van der Waals surface area contributed by atoms with Gasteiger partial charge in [0.2, 0.25) is 0 Å². The smallest absolute Gasteiger partial charge is 0.0156 e. The van der Waals surface area contributed by atoms with Crippen LogP contribution in [0.1, 0.15) is 20.8 Å². The molecule has 0 aromatic heterocycles. The molecule has 44 valence electrons. The van der Waals surface area contributed by atoms with Gasteiger partial charge in [0, 0.05) is 12.6 Å². The number of nitrogens with one attached hydrogen (secondary N) is 2. The van der Waals surface area contributed by atoms with Crippen LogP contribution in [0.4, 0.5) is 0 Å². The van der Waals surface area contributed by atoms with E-state index in [0.717, 1.165) is 6.54 Å². The maximum Gasteiger partial charge on any atom is 0.0156 e. The molecule has 0 saturated carbocycles. The largest absolute Gasteiger partial charge is 0.258 e. The molecule has 0 heterocycles. The van der Waals surface area contributed by atoms with Crippen LogP contribution in [-0.2, 0) is 0 Å². The number of hydrogen-bond donors (Lipinski definition) is 2. The molecule has 2 N–H and O–H groups in total. The Bertz CT molecular complexity index is 35.1. The highest BCUT2D eigenvalue weighted by molar-refractivity contribution is 4.43. The van der Waals surface area contributed by atoms with Crippen LogP contribution in [0.2, 0.25) is 0 Å². The van der Waals surface area contributed by atoms with E-state index >= 15 is 0 Å². The van der Waals surface area contributed by atoms with E-state index in [1.807, 2.05) is 0 Å². The van der Waals surface area contributed by atoms with Crippen molar-refractivity contribution >= 4 is 0 Å². The van der Waals surface area contributed by atoms with Gasteiger partial charge in [-0.05, 0) is 13.8 Å². The van der Waals surface area contributed by atoms with E-state index in [9.17, 15) is 0 Å². The minimum Gasteiger partial charge on any atom is -0.258 e. The first-order chi connectivity index (χ1) is 3.27. The highest BCUT2D eigenvalue weighted by Gasteiger charge is 1.84. The SMILES string of the molecule is CCNNC(C)C. The lowest BCUT2D eigenvalue weighted by molar-refractivity contribution is 0.486. The molecule has 0 saturated heterocycles. The molecule has 2 heteroatoms. The summed E-state index contributed by atoms with van der Waals surface area (Å²) in [6, 6.07) is 0.542. The molecule has 0 aliphatic rings. The van der Waals surface area contributed by atoms with Gasteiger partial charge in [0.25, 0.3) is 0 Å². The molecule has 0 unspecified atom stereocenters. The van der Waals surface area contributed by atoms with Crippen LogP contribution in [0.5, 0.6) is 0 Å². The zero-order valence-corrected chi connectivity index (χ0v) is 5.28. The van der Waals surface area contributed by atoms with Crippen molar-refractivity contribution in [3.8, 4) is 0 Å². The Kier molecular flexibility index (Phi) is 4.04. The average Bonchev–Trinajstić information content (AvgIpc) is 1.61. The molecule has 0 amide bonds. The molecule has 0 aliphatic heterocycles. The van der Waals surface area contributed by atoms with Crippen molar-refractivity contribution in [3.05, 3.63) is 0 Å². The molecule has 0 aromatic carbocycles. The summed E-state index contributed by atoms with van der Waals surface area (Å²) in [7, 11) is 0. The normalized spacial score (nSPS) is 10.3. The van der Waals surface area contributed by atoms with E-state index < -0.39 is 0 Å². The highest BCUT2D eigenvalue weighted by atomic mass is 15.4. The van der Waals surface area contributed by atoms with Gasteiger partial charge in [-0.15, -0.1) is 0 Å². The lowest BCUT2D eigenvalue weighted by Crippen LogP contribution is -2.36. The number of rotatable bonds is 3. The predicted octanol–water partition coefficient (Wildman–Crippen LogP) is 0.509. The molecule has 0 atom stereocenters.